The average Bonchev–Trinajstić information content (AvgIpc) is 3.05. The van der Waals surface area contributed by atoms with Crippen molar-refractivity contribution in [2.75, 3.05) is 11.7 Å². The summed E-state index contributed by atoms with van der Waals surface area (Å²) in [5.74, 6) is 0.142. The lowest BCUT2D eigenvalue weighted by Crippen LogP contribution is -2.25. The van der Waals surface area contributed by atoms with E-state index in [9.17, 15) is 9.59 Å². The summed E-state index contributed by atoms with van der Waals surface area (Å²) in [6.07, 6.45) is 4.09. The van der Waals surface area contributed by atoms with Crippen LogP contribution in [0.5, 0.6) is 0 Å². The predicted molar refractivity (Wildman–Crippen MR) is 90.1 cm³/mol. The lowest BCUT2D eigenvalue weighted by atomic mass is 10.2. The Morgan fingerprint density at radius 2 is 2.00 bits per heavy atom. The summed E-state index contributed by atoms with van der Waals surface area (Å²) in [5, 5.41) is 1.12. The van der Waals surface area contributed by atoms with Crippen molar-refractivity contribution in [2.45, 2.75) is 32.9 Å². The van der Waals surface area contributed by atoms with Crippen molar-refractivity contribution in [1.82, 2.24) is 4.57 Å². The third-order valence-electron chi connectivity index (χ3n) is 3.40. The van der Waals surface area contributed by atoms with Gasteiger partial charge < -0.3 is 9.30 Å². The molecule has 0 atom stereocenters. The van der Waals surface area contributed by atoms with Crippen LogP contribution in [-0.2, 0) is 32.3 Å². The van der Waals surface area contributed by atoms with Gasteiger partial charge >= 0.3 is 5.97 Å². The molecule has 128 valence electrons. The van der Waals surface area contributed by atoms with Gasteiger partial charge in [0.15, 0.2) is 0 Å². The number of esters is 1. The van der Waals surface area contributed by atoms with Crippen LogP contribution in [-0.4, -0.2) is 23.6 Å². The molecule has 6 heteroatoms. The summed E-state index contributed by atoms with van der Waals surface area (Å²) in [7, 11) is 0. The van der Waals surface area contributed by atoms with E-state index in [0.717, 1.165) is 23.5 Å². The zero-order chi connectivity index (χ0) is 17.2. The first kappa shape index (κ1) is 17.7. The molecule has 2 rings (SSSR count). The Bertz CT molecular complexity index is 639. The fourth-order valence-electron chi connectivity index (χ4n) is 2.12. The average molecular weight is 330 g/mol. The number of amides is 1. The highest BCUT2D eigenvalue weighted by Crippen LogP contribution is 2.16. The number of carbonyl (C=O) groups is 2. The van der Waals surface area contributed by atoms with Crippen molar-refractivity contribution >= 4 is 18.2 Å². The van der Waals surface area contributed by atoms with E-state index >= 15 is 0 Å². The topological polar surface area (TPSA) is 60.8 Å². The summed E-state index contributed by atoms with van der Waals surface area (Å²) in [6.45, 7) is 2.73. The van der Waals surface area contributed by atoms with E-state index in [0.29, 0.717) is 18.8 Å². The first-order chi connectivity index (χ1) is 11.7. The van der Waals surface area contributed by atoms with Crippen LogP contribution in [0.2, 0.25) is 0 Å². The standard InChI is InChI=1S/C18H22N2O4/c1-2-3-12-23-18(22)13-19-11-7-10-17(19)20(15-21)24-14-16-8-5-4-6-9-16/h4-11,15H,2-3,12-14H2,1H3. The largest absolute Gasteiger partial charge is 0.464 e. The fourth-order valence-corrected chi connectivity index (χ4v) is 2.12. The number of benzene rings is 1. The van der Waals surface area contributed by atoms with Crippen LogP contribution < -0.4 is 5.06 Å². The first-order valence-corrected chi connectivity index (χ1v) is 7.96. The number of rotatable bonds is 10. The third-order valence-corrected chi connectivity index (χ3v) is 3.40. The number of anilines is 1. The number of hydrogen-bond donors (Lipinski definition) is 0. The molecule has 0 unspecified atom stereocenters. The maximum Gasteiger partial charge on any atom is 0.326 e. The zero-order valence-corrected chi connectivity index (χ0v) is 13.8. The number of nitrogens with zero attached hydrogens (tertiary/aromatic N) is 2. The van der Waals surface area contributed by atoms with Crippen LogP contribution in [0.25, 0.3) is 0 Å². The lowest BCUT2D eigenvalue weighted by Gasteiger charge is -2.18. The molecule has 0 N–H and O–H groups in total. The molecule has 0 spiro atoms. The Labute approximate surface area is 141 Å². The van der Waals surface area contributed by atoms with Gasteiger partial charge in [0, 0.05) is 6.20 Å². The molecule has 0 bridgehead atoms. The molecule has 0 saturated heterocycles. The van der Waals surface area contributed by atoms with Gasteiger partial charge in [-0.1, -0.05) is 43.7 Å². The maximum absolute atomic E-state index is 11.8. The van der Waals surface area contributed by atoms with E-state index in [1.807, 2.05) is 37.3 Å². The number of unbranched alkanes of at least 4 members (excludes halogenated alkanes) is 1. The van der Waals surface area contributed by atoms with Crippen LogP contribution in [0, 0.1) is 0 Å². The van der Waals surface area contributed by atoms with Gasteiger partial charge in [0.1, 0.15) is 19.0 Å². The second-order valence-corrected chi connectivity index (χ2v) is 5.26. The summed E-state index contributed by atoms with van der Waals surface area (Å²) < 4.78 is 6.76. The molecule has 0 fully saturated rings. The molecular formula is C18H22N2O4. The number of ether oxygens (including phenoxy) is 1. The molecular weight excluding hydrogens is 308 g/mol. The molecule has 1 aromatic heterocycles. The minimum absolute atomic E-state index is 0.0328. The first-order valence-electron chi connectivity index (χ1n) is 7.96. The molecule has 0 aliphatic carbocycles. The number of hydrogen-bond acceptors (Lipinski definition) is 4. The second kappa shape index (κ2) is 9.52. The maximum atomic E-state index is 11.8. The number of aromatic nitrogens is 1. The monoisotopic (exact) mass is 330 g/mol. The minimum Gasteiger partial charge on any atom is -0.464 e. The zero-order valence-electron chi connectivity index (χ0n) is 13.8. The normalized spacial score (nSPS) is 10.4. The van der Waals surface area contributed by atoms with Crippen molar-refractivity contribution in [1.29, 1.82) is 0 Å². The lowest BCUT2D eigenvalue weighted by molar-refractivity contribution is -0.144. The van der Waals surface area contributed by atoms with Gasteiger partial charge in [0.2, 0.25) is 6.41 Å². The van der Waals surface area contributed by atoms with E-state index in [1.54, 1.807) is 22.9 Å². The molecule has 0 radical (unpaired) electrons. The molecule has 24 heavy (non-hydrogen) atoms. The van der Waals surface area contributed by atoms with Gasteiger partial charge in [-0.15, -0.1) is 0 Å². The highest BCUT2D eigenvalue weighted by molar-refractivity contribution is 5.73. The fraction of sp³-hybridized carbons (Fsp3) is 0.333. The summed E-state index contributed by atoms with van der Waals surface area (Å²) in [4.78, 5) is 28.7. The Balaban J connectivity index is 1.95. The molecule has 6 nitrogen and oxygen atoms in total. The molecule has 0 aliphatic rings. The number of hydroxylamine groups is 1. The van der Waals surface area contributed by atoms with E-state index in [4.69, 9.17) is 9.57 Å². The predicted octanol–water partition coefficient (Wildman–Crippen LogP) is 2.93. The summed E-state index contributed by atoms with van der Waals surface area (Å²) >= 11 is 0. The molecule has 0 saturated carbocycles. The van der Waals surface area contributed by atoms with Gasteiger partial charge in [0.25, 0.3) is 0 Å². The Morgan fingerprint density at radius 3 is 2.71 bits per heavy atom. The Morgan fingerprint density at radius 1 is 1.21 bits per heavy atom. The van der Waals surface area contributed by atoms with Crippen LogP contribution in [0.4, 0.5) is 5.82 Å². The van der Waals surface area contributed by atoms with Crippen molar-refractivity contribution in [3.63, 3.8) is 0 Å². The van der Waals surface area contributed by atoms with Crippen molar-refractivity contribution < 1.29 is 19.2 Å². The quantitative estimate of drug-likeness (QED) is 0.291. The Kier molecular flexibility index (Phi) is 7.04. The van der Waals surface area contributed by atoms with E-state index in [1.165, 1.54) is 0 Å². The SMILES string of the molecule is CCCCOC(=O)Cn1cccc1N(C=O)OCc1ccccc1. The summed E-state index contributed by atoms with van der Waals surface area (Å²) in [5.41, 5.74) is 0.946. The van der Waals surface area contributed by atoms with Crippen LogP contribution in [0.1, 0.15) is 25.3 Å². The van der Waals surface area contributed by atoms with Crippen molar-refractivity contribution in [2.24, 2.45) is 0 Å². The van der Waals surface area contributed by atoms with Crippen LogP contribution >= 0.6 is 0 Å². The van der Waals surface area contributed by atoms with Gasteiger partial charge in [-0.05, 0) is 24.1 Å². The molecule has 0 aliphatic heterocycles. The highest BCUT2D eigenvalue weighted by atomic mass is 16.7. The minimum atomic E-state index is -0.338. The third kappa shape index (κ3) is 5.24. The van der Waals surface area contributed by atoms with E-state index in [-0.39, 0.29) is 19.1 Å². The smallest absolute Gasteiger partial charge is 0.326 e. The molecule has 1 amide bonds. The van der Waals surface area contributed by atoms with Crippen molar-refractivity contribution in [3.05, 3.63) is 54.2 Å². The van der Waals surface area contributed by atoms with Gasteiger partial charge in [0.05, 0.1) is 6.61 Å². The second-order valence-electron chi connectivity index (χ2n) is 5.26. The number of carbonyl (C=O) groups excluding carboxylic acids is 2. The summed E-state index contributed by atoms with van der Waals surface area (Å²) in [6, 6.07) is 13.0. The van der Waals surface area contributed by atoms with Crippen LogP contribution in [0.3, 0.4) is 0 Å². The van der Waals surface area contributed by atoms with Gasteiger partial charge in [-0.3, -0.25) is 14.4 Å². The molecule has 1 aromatic carbocycles. The Hall–Kier alpha value is -2.60. The molecule has 1 heterocycles. The highest BCUT2D eigenvalue weighted by Gasteiger charge is 2.14. The van der Waals surface area contributed by atoms with Gasteiger partial charge in [-0.25, -0.2) is 0 Å². The van der Waals surface area contributed by atoms with Gasteiger partial charge in [-0.2, -0.15) is 5.06 Å². The van der Waals surface area contributed by atoms with E-state index in [2.05, 4.69) is 0 Å². The molecule has 2 aromatic rings. The van der Waals surface area contributed by atoms with Crippen molar-refractivity contribution in [3.8, 4) is 0 Å². The van der Waals surface area contributed by atoms with E-state index < -0.39 is 0 Å². The van der Waals surface area contributed by atoms with Crippen LogP contribution in [0.15, 0.2) is 48.7 Å².